The van der Waals surface area contributed by atoms with Crippen LogP contribution < -0.4 is 5.32 Å². The van der Waals surface area contributed by atoms with Gasteiger partial charge in [-0.25, -0.2) is 14.6 Å². The maximum Gasteiger partial charge on any atom is 0.413 e. The molecule has 1 aromatic heterocycles. The van der Waals surface area contributed by atoms with Crippen LogP contribution in [-0.2, 0) is 11.3 Å². The van der Waals surface area contributed by atoms with E-state index < -0.39 is 12.1 Å². The normalized spacial score (nSPS) is 10.3. The minimum absolute atomic E-state index is 0.0776. The van der Waals surface area contributed by atoms with Crippen molar-refractivity contribution in [2.45, 2.75) is 6.61 Å². The van der Waals surface area contributed by atoms with Crippen molar-refractivity contribution in [2.24, 2.45) is 0 Å². The van der Waals surface area contributed by atoms with Crippen LogP contribution in [0.3, 0.4) is 0 Å². The third-order valence-corrected chi connectivity index (χ3v) is 3.46. The van der Waals surface area contributed by atoms with Gasteiger partial charge in [-0.2, -0.15) is 0 Å². The number of hydrogen-bond donors (Lipinski definition) is 2. The first-order valence-corrected chi connectivity index (χ1v) is 7.24. The SMILES string of the molecule is O=C(Nc1ncc(C(=O)O)c2ccccc12)OCc1ccccc1. The van der Waals surface area contributed by atoms with Gasteiger partial charge in [-0.15, -0.1) is 0 Å². The van der Waals surface area contributed by atoms with E-state index in [1.165, 1.54) is 6.20 Å². The van der Waals surface area contributed by atoms with E-state index in [0.717, 1.165) is 5.56 Å². The summed E-state index contributed by atoms with van der Waals surface area (Å²) in [5.74, 6) is -0.814. The highest BCUT2D eigenvalue weighted by molar-refractivity contribution is 6.08. The Bertz CT molecular complexity index is 894. The summed E-state index contributed by atoms with van der Waals surface area (Å²) in [6.07, 6.45) is 0.567. The van der Waals surface area contributed by atoms with Crippen LogP contribution in [-0.4, -0.2) is 22.2 Å². The van der Waals surface area contributed by atoms with Crippen molar-refractivity contribution in [3.05, 3.63) is 71.9 Å². The summed E-state index contributed by atoms with van der Waals surface area (Å²) in [7, 11) is 0. The van der Waals surface area contributed by atoms with E-state index in [1.54, 1.807) is 24.3 Å². The van der Waals surface area contributed by atoms with Gasteiger partial charge >= 0.3 is 12.1 Å². The van der Waals surface area contributed by atoms with E-state index in [2.05, 4.69) is 10.3 Å². The van der Waals surface area contributed by atoms with Crippen molar-refractivity contribution in [1.82, 2.24) is 4.98 Å². The number of benzene rings is 2. The van der Waals surface area contributed by atoms with Crippen molar-refractivity contribution in [3.63, 3.8) is 0 Å². The van der Waals surface area contributed by atoms with Crippen LogP contribution in [0, 0.1) is 0 Å². The molecule has 3 rings (SSSR count). The smallest absolute Gasteiger partial charge is 0.413 e. The molecule has 0 atom stereocenters. The summed E-state index contributed by atoms with van der Waals surface area (Å²) in [6, 6.07) is 16.1. The second kappa shape index (κ2) is 6.78. The predicted octanol–water partition coefficient (Wildman–Crippen LogP) is 3.68. The number of fused-ring (bicyclic) bond motifs is 1. The van der Waals surface area contributed by atoms with Crippen LogP contribution in [0.5, 0.6) is 0 Å². The lowest BCUT2D eigenvalue weighted by Crippen LogP contribution is -2.15. The highest BCUT2D eigenvalue weighted by atomic mass is 16.5. The average molecular weight is 322 g/mol. The molecule has 1 amide bonds. The molecule has 6 nitrogen and oxygen atoms in total. The number of anilines is 1. The third kappa shape index (κ3) is 3.33. The van der Waals surface area contributed by atoms with E-state index >= 15 is 0 Å². The molecule has 0 aliphatic heterocycles. The Kier molecular flexibility index (Phi) is 4.38. The Balaban J connectivity index is 1.79. The minimum atomic E-state index is -1.07. The zero-order valence-corrected chi connectivity index (χ0v) is 12.6. The van der Waals surface area contributed by atoms with E-state index in [-0.39, 0.29) is 18.0 Å². The zero-order valence-electron chi connectivity index (χ0n) is 12.6. The van der Waals surface area contributed by atoms with Gasteiger partial charge in [0.05, 0.1) is 5.56 Å². The highest BCUT2D eigenvalue weighted by Crippen LogP contribution is 2.24. The molecule has 0 saturated heterocycles. The first-order chi connectivity index (χ1) is 11.6. The Morgan fingerprint density at radius 3 is 2.38 bits per heavy atom. The molecule has 0 bridgehead atoms. The fourth-order valence-corrected chi connectivity index (χ4v) is 2.32. The molecule has 2 N–H and O–H groups in total. The van der Waals surface area contributed by atoms with Crippen molar-refractivity contribution in [1.29, 1.82) is 0 Å². The van der Waals surface area contributed by atoms with Crippen LogP contribution in [0.1, 0.15) is 15.9 Å². The number of carbonyl (C=O) groups excluding carboxylic acids is 1. The van der Waals surface area contributed by atoms with Crippen molar-refractivity contribution < 1.29 is 19.4 Å². The average Bonchev–Trinajstić information content (AvgIpc) is 2.61. The van der Waals surface area contributed by atoms with Gasteiger partial charge in [-0.3, -0.25) is 5.32 Å². The van der Waals surface area contributed by atoms with Gasteiger partial charge in [0.25, 0.3) is 0 Å². The molecular weight excluding hydrogens is 308 g/mol. The molecule has 1 heterocycles. The topological polar surface area (TPSA) is 88.5 Å². The van der Waals surface area contributed by atoms with Gasteiger partial charge in [0.15, 0.2) is 0 Å². The molecule has 0 unspecified atom stereocenters. The van der Waals surface area contributed by atoms with Gasteiger partial charge in [-0.1, -0.05) is 54.6 Å². The zero-order chi connectivity index (χ0) is 16.9. The molecule has 0 fully saturated rings. The molecule has 24 heavy (non-hydrogen) atoms. The number of carbonyl (C=O) groups is 2. The molecule has 6 heteroatoms. The fourth-order valence-electron chi connectivity index (χ4n) is 2.32. The van der Waals surface area contributed by atoms with E-state index in [4.69, 9.17) is 4.74 Å². The first-order valence-electron chi connectivity index (χ1n) is 7.24. The standard InChI is InChI=1S/C18H14N2O4/c21-17(22)15-10-19-16(14-9-5-4-8-13(14)15)20-18(23)24-11-12-6-2-1-3-7-12/h1-10H,11H2,(H,21,22)(H,19,20,23). The number of rotatable bonds is 4. The number of carboxylic acid groups (broad SMARTS) is 1. The maximum absolute atomic E-state index is 12.0. The van der Waals surface area contributed by atoms with Crippen LogP contribution in [0.4, 0.5) is 10.6 Å². The van der Waals surface area contributed by atoms with Crippen molar-refractivity contribution >= 4 is 28.7 Å². The number of nitrogens with one attached hydrogen (secondary N) is 1. The monoisotopic (exact) mass is 322 g/mol. The predicted molar refractivity (Wildman–Crippen MR) is 89.0 cm³/mol. The van der Waals surface area contributed by atoms with Gasteiger partial charge in [0.2, 0.25) is 0 Å². The minimum Gasteiger partial charge on any atom is -0.478 e. The van der Waals surface area contributed by atoms with Gasteiger partial charge in [0.1, 0.15) is 12.4 Å². The summed E-state index contributed by atoms with van der Waals surface area (Å²) in [6.45, 7) is 0.137. The van der Waals surface area contributed by atoms with Crippen LogP contribution in [0.2, 0.25) is 0 Å². The van der Waals surface area contributed by atoms with Gasteiger partial charge < -0.3 is 9.84 Å². The van der Waals surface area contributed by atoms with E-state index in [0.29, 0.717) is 10.8 Å². The number of ether oxygens (including phenoxy) is 1. The largest absolute Gasteiger partial charge is 0.478 e. The maximum atomic E-state index is 12.0. The second-order valence-electron chi connectivity index (χ2n) is 5.06. The number of hydrogen-bond acceptors (Lipinski definition) is 4. The molecular formula is C18H14N2O4. The number of carboxylic acids is 1. The van der Waals surface area contributed by atoms with Gasteiger partial charge in [-0.05, 0) is 5.56 Å². The molecule has 0 saturated carbocycles. The van der Waals surface area contributed by atoms with Gasteiger partial charge in [0, 0.05) is 17.0 Å². The van der Waals surface area contributed by atoms with Crippen LogP contribution in [0.25, 0.3) is 10.8 Å². The Labute approximate surface area is 137 Å². The molecule has 0 aliphatic carbocycles. The second-order valence-corrected chi connectivity index (χ2v) is 5.06. The lowest BCUT2D eigenvalue weighted by atomic mass is 10.1. The van der Waals surface area contributed by atoms with E-state index in [9.17, 15) is 14.7 Å². The Morgan fingerprint density at radius 2 is 1.67 bits per heavy atom. The fraction of sp³-hybridized carbons (Fsp3) is 0.0556. The summed E-state index contributed by atoms with van der Waals surface area (Å²) in [4.78, 5) is 27.2. The summed E-state index contributed by atoms with van der Waals surface area (Å²) >= 11 is 0. The van der Waals surface area contributed by atoms with Crippen molar-refractivity contribution in [2.75, 3.05) is 5.32 Å². The lowest BCUT2D eigenvalue weighted by Gasteiger charge is -2.10. The molecule has 120 valence electrons. The highest BCUT2D eigenvalue weighted by Gasteiger charge is 2.14. The first kappa shape index (κ1) is 15.5. The van der Waals surface area contributed by atoms with Crippen molar-refractivity contribution in [3.8, 4) is 0 Å². The van der Waals surface area contributed by atoms with Crippen LogP contribution in [0.15, 0.2) is 60.8 Å². The molecule has 2 aromatic carbocycles. The van der Waals surface area contributed by atoms with Crippen LogP contribution >= 0.6 is 0 Å². The summed E-state index contributed by atoms with van der Waals surface area (Å²) in [5.41, 5.74) is 0.945. The lowest BCUT2D eigenvalue weighted by molar-refractivity contribution is 0.0698. The molecule has 3 aromatic rings. The number of aromatic nitrogens is 1. The Hall–Kier alpha value is -3.41. The molecule has 0 radical (unpaired) electrons. The van der Waals surface area contributed by atoms with E-state index in [1.807, 2.05) is 30.3 Å². The summed E-state index contributed by atoms with van der Waals surface area (Å²) < 4.78 is 5.15. The third-order valence-electron chi connectivity index (χ3n) is 3.46. The number of aromatic carboxylic acids is 1. The quantitative estimate of drug-likeness (QED) is 0.765. The number of pyridine rings is 1. The number of amides is 1. The number of nitrogens with zero attached hydrogens (tertiary/aromatic N) is 1. The molecule has 0 aliphatic rings. The summed E-state index contributed by atoms with van der Waals surface area (Å²) in [5, 5.41) is 12.8. The molecule has 0 spiro atoms. The Morgan fingerprint density at radius 1 is 1.00 bits per heavy atom.